The third-order valence-electron chi connectivity index (χ3n) is 4.58. The summed E-state index contributed by atoms with van der Waals surface area (Å²) in [5.74, 6) is 2.47. The standard InChI is InChI=1S/C23H22N2O2S/c1-3-7-17-11-12-20(21(16-17)26-2)27-14-13-25-19-9-5-4-8-18(19)24-23(25)22-10-6-15-28-22/h3-6,8-12,15-16H,1,7,13-14H2,2H3. The first kappa shape index (κ1) is 18.3. The van der Waals surface area contributed by atoms with E-state index in [9.17, 15) is 0 Å². The number of methoxy groups -OCH3 is 1. The number of benzene rings is 2. The average molecular weight is 391 g/mol. The van der Waals surface area contributed by atoms with E-state index >= 15 is 0 Å². The number of thiophene rings is 1. The van der Waals surface area contributed by atoms with E-state index in [4.69, 9.17) is 14.5 Å². The third-order valence-corrected chi connectivity index (χ3v) is 5.44. The van der Waals surface area contributed by atoms with E-state index in [2.05, 4.69) is 34.7 Å². The molecule has 0 saturated heterocycles. The molecule has 0 fully saturated rings. The monoisotopic (exact) mass is 390 g/mol. The molecule has 28 heavy (non-hydrogen) atoms. The van der Waals surface area contributed by atoms with E-state index < -0.39 is 0 Å². The van der Waals surface area contributed by atoms with Crippen LogP contribution in [0.3, 0.4) is 0 Å². The Morgan fingerprint density at radius 2 is 2.00 bits per heavy atom. The minimum absolute atomic E-state index is 0.524. The maximum absolute atomic E-state index is 6.06. The zero-order valence-electron chi connectivity index (χ0n) is 15.8. The van der Waals surface area contributed by atoms with Gasteiger partial charge in [0.1, 0.15) is 6.61 Å². The molecule has 142 valence electrons. The number of hydrogen-bond donors (Lipinski definition) is 0. The Labute approximate surface area is 168 Å². The number of hydrogen-bond acceptors (Lipinski definition) is 4. The van der Waals surface area contributed by atoms with Crippen molar-refractivity contribution in [2.45, 2.75) is 13.0 Å². The number of fused-ring (bicyclic) bond motifs is 1. The lowest BCUT2D eigenvalue weighted by Crippen LogP contribution is -2.10. The summed E-state index contributed by atoms with van der Waals surface area (Å²) in [5, 5.41) is 2.07. The molecule has 0 aliphatic carbocycles. The van der Waals surface area contributed by atoms with Gasteiger partial charge in [-0.2, -0.15) is 0 Å². The molecule has 0 amide bonds. The molecule has 4 aromatic rings. The van der Waals surface area contributed by atoms with Gasteiger partial charge in [-0.1, -0.05) is 30.3 Å². The maximum Gasteiger partial charge on any atom is 0.161 e. The van der Waals surface area contributed by atoms with Crippen LogP contribution in [0, 0.1) is 0 Å². The second kappa shape index (κ2) is 8.31. The number of rotatable bonds is 8. The van der Waals surface area contributed by atoms with Crippen molar-refractivity contribution in [1.82, 2.24) is 9.55 Å². The van der Waals surface area contributed by atoms with E-state index in [1.807, 2.05) is 42.5 Å². The van der Waals surface area contributed by atoms with Gasteiger partial charge in [-0.25, -0.2) is 4.98 Å². The van der Waals surface area contributed by atoms with Crippen molar-refractivity contribution in [3.63, 3.8) is 0 Å². The summed E-state index contributed by atoms with van der Waals surface area (Å²) in [7, 11) is 1.66. The largest absolute Gasteiger partial charge is 0.493 e. The molecule has 0 unspecified atom stereocenters. The molecule has 2 aromatic heterocycles. The van der Waals surface area contributed by atoms with Crippen LogP contribution in [-0.2, 0) is 13.0 Å². The number of imidazole rings is 1. The number of para-hydroxylation sites is 2. The molecule has 5 heteroatoms. The SMILES string of the molecule is C=CCc1ccc(OCCn2c(-c3cccs3)nc3ccccc32)c(OC)c1. The van der Waals surface area contributed by atoms with Gasteiger partial charge in [-0.15, -0.1) is 17.9 Å². The summed E-state index contributed by atoms with van der Waals surface area (Å²) in [4.78, 5) is 5.99. The second-order valence-electron chi connectivity index (χ2n) is 6.38. The molecule has 0 aliphatic heterocycles. The van der Waals surface area contributed by atoms with Gasteiger partial charge in [0.05, 0.1) is 29.6 Å². The Kier molecular flexibility index (Phi) is 5.44. The van der Waals surface area contributed by atoms with Gasteiger partial charge in [-0.05, 0) is 47.7 Å². The molecule has 0 radical (unpaired) electrons. The van der Waals surface area contributed by atoms with Crippen LogP contribution in [0.2, 0.25) is 0 Å². The van der Waals surface area contributed by atoms with Crippen molar-refractivity contribution in [2.75, 3.05) is 13.7 Å². The highest BCUT2D eigenvalue weighted by molar-refractivity contribution is 7.13. The van der Waals surface area contributed by atoms with Crippen molar-refractivity contribution in [3.8, 4) is 22.2 Å². The number of allylic oxidation sites excluding steroid dienone is 1. The van der Waals surface area contributed by atoms with Gasteiger partial charge < -0.3 is 14.0 Å². The van der Waals surface area contributed by atoms with Gasteiger partial charge in [-0.3, -0.25) is 0 Å². The normalized spacial score (nSPS) is 10.9. The smallest absolute Gasteiger partial charge is 0.161 e. The van der Waals surface area contributed by atoms with Gasteiger partial charge >= 0.3 is 0 Å². The van der Waals surface area contributed by atoms with E-state index in [1.165, 1.54) is 0 Å². The van der Waals surface area contributed by atoms with Crippen molar-refractivity contribution >= 4 is 22.4 Å². The Morgan fingerprint density at radius 3 is 2.79 bits per heavy atom. The maximum atomic E-state index is 6.06. The summed E-state index contributed by atoms with van der Waals surface area (Å²) in [6.45, 7) is 5.01. The average Bonchev–Trinajstić information content (AvgIpc) is 3.37. The van der Waals surface area contributed by atoms with Gasteiger partial charge in [0, 0.05) is 0 Å². The number of ether oxygens (including phenoxy) is 2. The summed E-state index contributed by atoms with van der Waals surface area (Å²) >= 11 is 1.70. The molecule has 0 spiro atoms. The Morgan fingerprint density at radius 1 is 1.11 bits per heavy atom. The molecule has 2 aromatic carbocycles. The first-order chi connectivity index (χ1) is 13.8. The minimum atomic E-state index is 0.524. The van der Waals surface area contributed by atoms with E-state index in [0.29, 0.717) is 13.2 Å². The highest BCUT2D eigenvalue weighted by Crippen LogP contribution is 2.30. The van der Waals surface area contributed by atoms with Crippen molar-refractivity contribution < 1.29 is 9.47 Å². The minimum Gasteiger partial charge on any atom is -0.493 e. The van der Waals surface area contributed by atoms with Crippen LogP contribution in [-0.4, -0.2) is 23.3 Å². The molecule has 0 N–H and O–H groups in total. The fourth-order valence-corrected chi connectivity index (χ4v) is 3.99. The molecule has 0 aliphatic rings. The summed E-state index contributed by atoms with van der Waals surface area (Å²) in [5.41, 5.74) is 3.26. The third kappa shape index (κ3) is 3.66. The Bertz CT molecular complexity index is 1080. The molecule has 4 nitrogen and oxygen atoms in total. The predicted octanol–water partition coefficient (Wildman–Crippen LogP) is 5.58. The second-order valence-corrected chi connectivity index (χ2v) is 7.33. The first-order valence-corrected chi connectivity index (χ1v) is 10.1. The molecule has 4 rings (SSSR count). The van der Waals surface area contributed by atoms with Gasteiger partial charge in [0.2, 0.25) is 0 Å². The first-order valence-electron chi connectivity index (χ1n) is 9.20. The van der Waals surface area contributed by atoms with Gasteiger partial charge in [0.25, 0.3) is 0 Å². The highest BCUT2D eigenvalue weighted by atomic mass is 32.1. The van der Waals surface area contributed by atoms with Crippen molar-refractivity contribution in [3.05, 3.63) is 78.2 Å². The lowest BCUT2D eigenvalue weighted by molar-refractivity contribution is 0.281. The molecular formula is C23H22N2O2S. The zero-order chi connectivity index (χ0) is 19.3. The summed E-state index contributed by atoms with van der Waals surface area (Å²) in [6, 6.07) is 18.4. The van der Waals surface area contributed by atoms with Crippen molar-refractivity contribution in [1.29, 1.82) is 0 Å². The summed E-state index contributed by atoms with van der Waals surface area (Å²) < 4.78 is 13.8. The Hall–Kier alpha value is -3.05. The predicted molar refractivity (Wildman–Crippen MR) is 115 cm³/mol. The van der Waals surface area contributed by atoms with Crippen LogP contribution in [0.25, 0.3) is 21.7 Å². The topological polar surface area (TPSA) is 36.3 Å². The lowest BCUT2D eigenvalue weighted by atomic mass is 10.1. The molecule has 2 heterocycles. The quantitative estimate of drug-likeness (QED) is 0.369. The fraction of sp³-hybridized carbons (Fsp3) is 0.174. The van der Waals surface area contributed by atoms with E-state index in [-0.39, 0.29) is 0 Å². The van der Waals surface area contributed by atoms with Crippen molar-refractivity contribution in [2.24, 2.45) is 0 Å². The van der Waals surface area contributed by atoms with Crippen LogP contribution < -0.4 is 9.47 Å². The molecule has 0 saturated carbocycles. The Balaban J connectivity index is 1.57. The number of aromatic nitrogens is 2. The van der Waals surface area contributed by atoms with Crippen LogP contribution in [0.5, 0.6) is 11.5 Å². The molecular weight excluding hydrogens is 368 g/mol. The lowest BCUT2D eigenvalue weighted by Gasteiger charge is -2.13. The van der Waals surface area contributed by atoms with Crippen LogP contribution >= 0.6 is 11.3 Å². The van der Waals surface area contributed by atoms with Crippen LogP contribution in [0.1, 0.15) is 5.56 Å². The highest BCUT2D eigenvalue weighted by Gasteiger charge is 2.13. The molecule has 0 atom stereocenters. The summed E-state index contributed by atoms with van der Waals surface area (Å²) in [6.07, 6.45) is 2.69. The molecule has 0 bridgehead atoms. The zero-order valence-corrected chi connectivity index (χ0v) is 16.6. The van der Waals surface area contributed by atoms with Crippen LogP contribution in [0.15, 0.2) is 72.6 Å². The fourth-order valence-electron chi connectivity index (χ4n) is 3.27. The van der Waals surface area contributed by atoms with Crippen LogP contribution in [0.4, 0.5) is 0 Å². The van der Waals surface area contributed by atoms with E-state index in [0.717, 1.165) is 45.2 Å². The van der Waals surface area contributed by atoms with Gasteiger partial charge in [0.15, 0.2) is 17.3 Å². The number of nitrogens with zero attached hydrogens (tertiary/aromatic N) is 2. The van der Waals surface area contributed by atoms with E-state index in [1.54, 1.807) is 18.4 Å².